The number of alkyl halides is 3. The fourth-order valence-electron chi connectivity index (χ4n) is 0.714. The highest BCUT2D eigenvalue weighted by Crippen LogP contribution is 2.26. The molecule has 1 aromatic heterocycles. The highest BCUT2D eigenvalue weighted by Gasteiger charge is 2.32. The molecule has 0 amide bonds. The van der Waals surface area contributed by atoms with E-state index in [1.54, 1.807) is 22.4 Å². The number of pyridine rings is 1. The van der Waals surface area contributed by atoms with Gasteiger partial charge in [-0.05, 0) is 11.5 Å². The van der Waals surface area contributed by atoms with E-state index in [2.05, 4.69) is 4.98 Å². The Labute approximate surface area is 86.2 Å². The van der Waals surface area contributed by atoms with Gasteiger partial charge in [0.1, 0.15) is 5.69 Å². The number of hydrogen-bond acceptors (Lipinski definition) is 2. The summed E-state index contributed by atoms with van der Waals surface area (Å²) in [6.45, 7) is 0. The zero-order valence-corrected chi connectivity index (χ0v) is 8.37. The first kappa shape index (κ1) is 10.8. The molecule has 0 bridgehead atoms. The molecule has 1 N–H and O–H groups in total. The van der Waals surface area contributed by atoms with Crippen LogP contribution in [0, 0.1) is 0 Å². The van der Waals surface area contributed by atoms with Gasteiger partial charge in [0.25, 0.3) is 0 Å². The number of aromatic nitrogens is 1. The summed E-state index contributed by atoms with van der Waals surface area (Å²) < 4.78 is 35.2. The molecule has 0 saturated heterocycles. The summed E-state index contributed by atoms with van der Waals surface area (Å²) >= 11 is 1.68. The van der Waals surface area contributed by atoms with Crippen molar-refractivity contribution in [1.29, 1.82) is 0 Å². The van der Waals surface area contributed by atoms with Gasteiger partial charge in [-0.3, -0.25) is 4.98 Å². The van der Waals surface area contributed by atoms with Gasteiger partial charge in [-0.1, -0.05) is 6.07 Å². The van der Waals surface area contributed by atoms with Crippen molar-refractivity contribution in [2.24, 2.45) is 0 Å². The first-order valence-electron chi connectivity index (χ1n) is 3.26. The maximum absolute atomic E-state index is 12.0. The summed E-state index contributed by atoms with van der Waals surface area (Å²) in [7, 11) is 0. The van der Waals surface area contributed by atoms with Gasteiger partial charge in [0.2, 0.25) is 0 Å². The molecule has 0 aliphatic heterocycles. The maximum atomic E-state index is 12.0. The molecular weight excluding hydrogens is 297 g/mol. The second-order valence-electron chi connectivity index (χ2n) is 2.31. The molecule has 0 aliphatic carbocycles. The van der Waals surface area contributed by atoms with Crippen LogP contribution >= 0.6 is 22.4 Å². The normalized spacial score (nSPS) is 11.5. The Bertz CT molecular complexity index is 287. The summed E-state index contributed by atoms with van der Waals surface area (Å²) in [5.41, 5.74) is -0.595. The van der Waals surface area contributed by atoms with Crippen LogP contribution in [0.3, 0.4) is 0 Å². The van der Waals surface area contributed by atoms with Gasteiger partial charge in [-0.15, -0.1) is 22.4 Å². The molecule has 1 heterocycles. The van der Waals surface area contributed by atoms with E-state index < -0.39 is 16.6 Å². The van der Waals surface area contributed by atoms with Gasteiger partial charge in [0.15, 0.2) is 0 Å². The third-order valence-electron chi connectivity index (χ3n) is 1.35. The van der Waals surface area contributed by atoms with Crippen molar-refractivity contribution in [3.63, 3.8) is 0 Å². The number of nitrogens with zero attached hydrogens (tertiary/aromatic N) is 1. The minimum absolute atomic E-state index is 0.355. The molecule has 70 valence electrons. The topological polar surface area (TPSA) is 33.1 Å². The highest BCUT2D eigenvalue weighted by molar-refractivity contribution is 14.1. The van der Waals surface area contributed by atoms with Crippen molar-refractivity contribution in [1.82, 2.24) is 4.98 Å². The van der Waals surface area contributed by atoms with Gasteiger partial charge in [0, 0.05) is 6.20 Å². The Balaban J connectivity index is 2.94. The second-order valence-corrected chi connectivity index (χ2v) is 3.49. The number of rotatable bonds is 1. The Morgan fingerprint density at radius 2 is 2.00 bits per heavy atom. The van der Waals surface area contributed by atoms with Crippen molar-refractivity contribution < 1.29 is 18.2 Å². The van der Waals surface area contributed by atoms with Crippen molar-refractivity contribution in [3.8, 4) is 0 Å². The van der Waals surface area contributed by atoms with Crippen molar-refractivity contribution >= 4 is 32.6 Å². The third kappa shape index (κ3) is 2.83. The monoisotopic (exact) mass is 301 g/mol. The van der Waals surface area contributed by atoms with E-state index in [-0.39, 0.29) is 0 Å². The van der Waals surface area contributed by atoms with E-state index in [0.29, 0.717) is 5.46 Å². The van der Waals surface area contributed by atoms with Gasteiger partial charge in [-0.25, -0.2) is 0 Å². The lowest BCUT2D eigenvalue weighted by Gasteiger charge is -2.05. The molecule has 13 heavy (non-hydrogen) atoms. The van der Waals surface area contributed by atoms with Crippen LogP contribution in [0.2, 0.25) is 0 Å². The lowest BCUT2D eigenvalue weighted by Crippen LogP contribution is -2.24. The second kappa shape index (κ2) is 3.83. The van der Waals surface area contributed by atoms with Crippen LogP contribution in [-0.4, -0.2) is 14.8 Å². The fourth-order valence-corrected chi connectivity index (χ4v) is 1.08. The molecule has 0 fully saturated rings. The van der Waals surface area contributed by atoms with E-state index in [9.17, 15) is 13.2 Å². The first-order chi connectivity index (χ1) is 5.91. The van der Waals surface area contributed by atoms with Crippen molar-refractivity contribution in [2.45, 2.75) is 6.18 Å². The molecule has 1 aromatic rings. The van der Waals surface area contributed by atoms with Gasteiger partial charge in [0.05, 0.1) is 0 Å². The Morgan fingerprint density at radius 1 is 1.38 bits per heavy atom. The summed E-state index contributed by atoms with van der Waals surface area (Å²) in [5, 5.41) is 8.98. The average molecular weight is 301 g/mol. The van der Waals surface area contributed by atoms with Crippen molar-refractivity contribution in [3.05, 3.63) is 24.0 Å². The predicted octanol–water partition coefficient (Wildman–Crippen LogP) is 1.22. The molecule has 0 aliphatic rings. The smallest absolute Gasteiger partial charge is 0.433 e. The van der Waals surface area contributed by atoms with E-state index in [0.717, 1.165) is 12.3 Å². The average Bonchev–Trinajstić information content (AvgIpc) is 2.03. The largest absolute Gasteiger partial charge is 0.438 e. The maximum Gasteiger partial charge on any atom is 0.433 e. The third-order valence-corrected chi connectivity index (χ3v) is 2.07. The standard InChI is InChI=1S/C6H4BF3INO/c8-6(9,10)5-2-1-4(3-12-5)7(11)13/h1-3,13H. The lowest BCUT2D eigenvalue weighted by molar-refractivity contribution is -0.141. The minimum Gasteiger partial charge on any atom is -0.438 e. The van der Waals surface area contributed by atoms with Gasteiger partial charge < -0.3 is 5.02 Å². The summed E-state index contributed by atoms with van der Waals surface area (Å²) in [4.78, 5) is 3.18. The van der Waals surface area contributed by atoms with E-state index in [4.69, 9.17) is 5.02 Å². The van der Waals surface area contributed by atoms with Crippen LogP contribution in [0.4, 0.5) is 13.2 Å². The zero-order chi connectivity index (χ0) is 10.1. The number of halogens is 4. The van der Waals surface area contributed by atoms with E-state index in [1.165, 1.54) is 6.07 Å². The Hall–Kier alpha value is -0.305. The van der Waals surface area contributed by atoms with Crippen LogP contribution in [0.25, 0.3) is 0 Å². The summed E-state index contributed by atoms with van der Waals surface area (Å²) in [6.07, 6.45) is -3.41. The van der Waals surface area contributed by atoms with Crippen LogP contribution in [0.5, 0.6) is 0 Å². The van der Waals surface area contributed by atoms with E-state index >= 15 is 0 Å². The minimum atomic E-state index is -4.42. The van der Waals surface area contributed by atoms with Crippen LogP contribution < -0.4 is 5.46 Å². The Morgan fingerprint density at radius 3 is 2.31 bits per heavy atom. The molecule has 0 spiro atoms. The molecule has 0 aromatic carbocycles. The van der Waals surface area contributed by atoms with Gasteiger partial charge in [-0.2, -0.15) is 13.2 Å². The molecule has 0 saturated carbocycles. The predicted molar refractivity (Wildman–Crippen MR) is 50.9 cm³/mol. The van der Waals surface area contributed by atoms with Crippen LogP contribution in [-0.2, 0) is 6.18 Å². The fraction of sp³-hybridized carbons (Fsp3) is 0.167. The molecule has 7 heteroatoms. The quantitative estimate of drug-likeness (QED) is 0.625. The molecule has 0 radical (unpaired) electrons. The van der Waals surface area contributed by atoms with Crippen LogP contribution in [0.15, 0.2) is 18.3 Å². The van der Waals surface area contributed by atoms with Gasteiger partial charge >= 0.3 is 10.9 Å². The summed E-state index contributed by atoms with van der Waals surface area (Å²) in [5.74, 6) is 0. The molecule has 2 nitrogen and oxygen atoms in total. The zero-order valence-electron chi connectivity index (χ0n) is 6.22. The lowest BCUT2D eigenvalue weighted by atomic mass is 9.90. The molecular formula is C6H4BF3INO. The van der Waals surface area contributed by atoms with E-state index in [1.807, 2.05) is 0 Å². The van der Waals surface area contributed by atoms with Crippen LogP contribution in [0.1, 0.15) is 5.69 Å². The molecule has 1 rings (SSSR count). The first-order valence-corrected chi connectivity index (χ1v) is 4.51. The van der Waals surface area contributed by atoms with Crippen molar-refractivity contribution in [2.75, 3.05) is 0 Å². The summed E-state index contributed by atoms with van der Waals surface area (Å²) in [6, 6.07) is 2.05. The molecule has 0 atom stereocenters. The Kier molecular flexibility index (Phi) is 3.17. The SMILES string of the molecule is OB(I)c1ccc(C(F)(F)F)nc1. The highest BCUT2D eigenvalue weighted by atomic mass is 127. The number of hydrogen-bond donors (Lipinski definition) is 1. The molecule has 0 unspecified atom stereocenters.